The number of hydrogen-bond acceptors (Lipinski definition) is 5. The monoisotopic (exact) mass is 409 g/mol. The Balaban J connectivity index is 1.84. The highest BCUT2D eigenvalue weighted by molar-refractivity contribution is 8.00. The van der Waals surface area contributed by atoms with Crippen LogP contribution in [0.25, 0.3) is 11.4 Å². The van der Waals surface area contributed by atoms with Crippen molar-refractivity contribution in [3.05, 3.63) is 59.7 Å². The summed E-state index contributed by atoms with van der Waals surface area (Å²) in [4.78, 5) is 12.9. The zero-order valence-corrected chi connectivity index (χ0v) is 18.4. The molecule has 0 aliphatic rings. The van der Waals surface area contributed by atoms with E-state index in [4.69, 9.17) is 4.74 Å². The predicted octanol–water partition coefficient (Wildman–Crippen LogP) is 5.46. The molecule has 29 heavy (non-hydrogen) atoms. The first-order valence-corrected chi connectivity index (χ1v) is 10.7. The van der Waals surface area contributed by atoms with Gasteiger partial charge >= 0.3 is 0 Å². The summed E-state index contributed by atoms with van der Waals surface area (Å²) in [6.45, 7) is 8.22. The van der Waals surface area contributed by atoms with Gasteiger partial charge in [0.05, 0.1) is 12.4 Å². The van der Waals surface area contributed by atoms with Gasteiger partial charge in [-0.3, -0.25) is 9.36 Å². The lowest BCUT2D eigenvalue weighted by Gasteiger charge is -2.16. The normalized spacial score (nSPS) is 12.2. The molecule has 0 saturated carbocycles. The summed E-state index contributed by atoms with van der Waals surface area (Å²) in [6.07, 6.45) is 0.963. The van der Waals surface area contributed by atoms with Crippen LogP contribution in [0.1, 0.15) is 49.7 Å². The van der Waals surface area contributed by atoms with Crippen molar-refractivity contribution in [1.82, 2.24) is 14.8 Å². The lowest BCUT2D eigenvalue weighted by Crippen LogP contribution is -2.15. The topological polar surface area (TPSA) is 57.0 Å². The van der Waals surface area contributed by atoms with Crippen molar-refractivity contribution >= 4 is 17.5 Å². The number of nitrogens with zero attached hydrogens (tertiary/aromatic N) is 3. The van der Waals surface area contributed by atoms with E-state index in [0.29, 0.717) is 0 Å². The van der Waals surface area contributed by atoms with Crippen LogP contribution in [-0.2, 0) is 6.42 Å². The Morgan fingerprint density at radius 2 is 1.69 bits per heavy atom. The molecular weight excluding hydrogens is 382 g/mol. The second-order valence-corrected chi connectivity index (χ2v) is 8.48. The van der Waals surface area contributed by atoms with E-state index in [0.717, 1.165) is 34.3 Å². The fourth-order valence-corrected chi connectivity index (χ4v) is 4.17. The highest BCUT2D eigenvalue weighted by Crippen LogP contribution is 2.31. The first-order chi connectivity index (χ1) is 13.9. The molecule has 0 amide bonds. The lowest BCUT2D eigenvalue weighted by molar-refractivity contribution is 0.0994. The molecular formula is C23H27N3O2S. The third-order valence-electron chi connectivity index (χ3n) is 4.83. The smallest absolute Gasteiger partial charge is 0.192 e. The van der Waals surface area contributed by atoms with E-state index in [1.54, 1.807) is 7.11 Å². The number of ketones is 1. The number of Topliss-reactive ketones (excluding diaryl/α,β-unsaturated/α-hetero) is 1. The molecule has 5 nitrogen and oxygen atoms in total. The average molecular weight is 410 g/mol. The summed E-state index contributed by atoms with van der Waals surface area (Å²) in [7, 11) is 1.65. The van der Waals surface area contributed by atoms with Crippen LogP contribution in [0.15, 0.2) is 53.7 Å². The third-order valence-corrected chi connectivity index (χ3v) is 5.88. The van der Waals surface area contributed by atoms with Gasteiger partial charge in [-0.2, -0.15) is 0 Å². The average Bonchev–Trinajstić information content (AvgIpc) is 3.17. The molecule has 0 N–H and O–H groups in total. The molecule has 0 bridgehead atoms. The second kappa shape index (κ2) is 9.27. The molecule has 0 radical (unpaired) electrons. The second-order valence-electron chi connectivity index (χ2n) is 7.17. The number of aromatic nitrogens is 3. The van der Waals surface area contributed by atoms with E-state index in [1.807, 2.05) is 55.5 Å². The number of hydrogen-bond donors (Lipinski definition) is 0. The van der Waals surface area contributed by atoms with Crippen molar-refractivity contribution in [2.45, 2.75) is 50.6 Å². The van der Waals surface area contributed by atoms with Crippen molar-refractivity contribution in [2.75, 3.05) is 7.11 Å². The molecule has 1 aromatic heterocycles. The van der Waals surface area contributed by atoms with Crippen LogP contribution in [0.4, 0.5) is 0 Å². The molecule has 0 fully saturated rings. The van der Waals surface area contributed by atoms with Crippen molar-refractivity contribution in [3.63, 3.8) is 0 Å². The molecule has 1 atom stereocenters. The SMILES string of the molecule is CCc1ccc(C(=O)C(C)Sc2nnc(-c3ccc(OC)cc3)n2C(C)C)cc1. The van der Waals surface area contributed by atoms with Gasteiger partial charge in [-0.05, 0) is 57.0 Å². The fraction of sp³-hybridized carbons (Fsp3) is 0.348. The Labute approximate surface area is 176 Å². The van der Waals surface area contributed by atoms with Crippen LogP contribution in [0, 0.1) is 0 Å². The molecule has 0 aliphatic heterocycles. The summed E-state index contributed by atoms with van der Waals surface area (Å²) >= 11 is 1.45. The van der Waals surface area contributed by atoms with Crippen LogP contribution >= 0.6 is 11.8 Å². The van der Waals surface area contributed by atoms with Gasteiger partial charge in [-0.15, -0.1) is 10.2 Å². The number of rotatable bonds is 8. The summed E-state index contributed by atoms with van der Waals surface area (Å²) in [5, 5.41) is 9.29. The largest absolute Gasteiger partial charge is 0.497 e. The van der Waals surface area contributed by atoms with E-state index in [1.165, 1.54) is 17.3 Å². The lowest BCUT2D eigenvalue weighted by atomic mass is 10.1. The first-order valence-electron chi connectivity index (χ1n) is 9.83. The van der Waals surface area contributed by atoms with Crippen molar-refractivity contribution in [1.29, 1.82) is 0 Å². The quantitative estimate of drug-likeness (QED) is 0.365. The maximum Gasteiger partial charge on any atom is 0.192 e. The van der Waals surface area contributed by atoms with E-state index < -0.39 is 0 Å². The third kappa shape index (κ3) is 4.70. The zero-order valence-electron chi connectivity index (χ0n) is 17.5. The molecule has 6 heteroatoms. The number of carbonyl (C=O) groups excluding carboxylic acids is 1. The molecule has 0 saturated heterocycles. The molecule has 1 unspecified atom stereocenters. The van der Waals surface area contributed by atoms with Crippen LogP contribution in [0.5, 0.6) is 5.75 Å². The van der Waals surface area contributed by atoms with Crippen LogP contribution in [0.2, 0.25) is 0 Å². The summed E-state index contributed by atoms with van der Waals surface area (Å²) in [6, 6.07) is 15.8. The Hall–Kier alpha value is -2.60. The van der Waals surface area contributed by atoms with Gasteiger partial charge in [0.25, 0.3) is 0 Å². The van der Waals surface area contributed by atoms with Gasteiger partial charge in [-0.1, -0.05) is 43.0 Å². The number of thioether (sulfide) groups is 1. The summed E-state index contributed by atoms with van der Waals surface area (Å²) in [5.41, 5.74) is 2.92. The molecule has 152 valence electrons. The van der Waals surface area contributed by atoms with Crippen LogP contribution in [0.3, 0.4) is 0 Å². The fourth-order valence-electron chi connectivity index (χ4n) is 3.11. The first kappa shape index (κ1) is 21.1. The molecule has 3 aromatic rings. The van der Waals surface area contributed by atoms with Crippen molar-refractivity contribution in [3.8, 4) is 17.1 Å². The summed E-state index contributed by atoms with van der Waals surface area (Å²) in [5.74, 6) is 1.69. The highest BCUT2D eigenvalue weighted by Gasteiger charge is 2.23. The number of aryl methyl sites for hydroxylation is 1. The molecule has 2 aromatic carbocycles. The van der Waals surface area contributed by atoms with Crippen LogP contribution in [-0.4, -0.2) is 32.9 Å². The molecule has 0 aliphatic carbocycles. The number of benzene rings is 2. The Kier molecular flexibility index (Phi) is 6.75. The predicted molar refractivity (Wildman–Crippen MR) is 118 cm³/mol. The highest BCUT2D eigenvalue weighted by atomic mass is 32.2. The standard InChI is InChI=1S/C23H27N3O2S/c1-6-17-7-9-18(10-8-17)21(27)16(4)29-23-25-24-22(26(23)15(2)3)19-11-13-20(28-5)14-12-19/h7-16H,6H2,1-5H3. The Morgan fingerprint density at radius 1 is 1.03 bits per heavy atom. The number of methoxy groups -OCH3 is 1. The van der Waals surface area contributed by atoms with E-state index in [9.17, 15) is 4.79 Å². The van der Waals surface area contributed by atoms with Crippen LogP contribution < -0.4 is 4.74 Å². The maximum atomic E-state index is 12.9. The van der Waals surface area contributed by atoms with Crippen molar-refractivity contribution < 1.29 is 9.53 Å². The van der Waals surface area contributed by atoms with Gasteiger partial charge in [0.1, 0.15) is 5.75 Å². The van der Waals surface area contributed by atoms with Gasteiger partial charge in [0.15, 0.2) is 16.8 Å². The van der Waals surface area contributed by atoms with Crippen molar-refractivity contribution in [2.24, 2.45) is 0 Å². The molecule has 1 heterocycles. The minimum Gasteiger partial charge on any atom is -0.497 e. The van der Waals surface area contributed by atoms with E-state index in [-0.39, 0.29) is 17.1 Å². The maximum absolute atomic E-state index is 12.9. The zero-order chi connectivity index (χ0) is 21.0. The van der Waals surface area contributed by atoms with E-state index in [2.05, 4.69) is 35.5 Å². The van der Waals surface area contributed by atoms with Gasteiger partial charge < -0.3 is 4.74 Å². The number of ether oxygens (including phenoxy) is 1. The minimum atomic E-state index is -0.257. The van der Waals surface area contributed by atoms with Gasteiger partial charge in [0, 0.05) is 17.2 Å². The summed E-state index contributed by atoms with van der Waals surface area (Å²) < 4.78 is 7.32. The number of carbonyl (C=O) groups is 1. The van der Waals surface area contributed by atoms with Gasteiger partial charge in [0.2, 0.25) is 0 Å². The molecule has 0 spiro atoms. The Morgan fingerprint density at radius 3 is 2.24 bits per heavy atom. The minimum absolute atomic E-state index is 0.0990. The molecule has 3 rings (SSSR count). The van der Waals surface area contributed by atoms with Gasteiger partial charge in [-0.25, -0.2) is 0 Å². The Bertz CT molecular complexity index is 963. The van der Waals surface area contributed by atoms with E-state index >= 15 is 0 Å².